The van der Waals surface area contributed by atoms with Crippen molar-refractivity contribution in [2.75, 3.05) is 26.3 Å². The molecule has 3 heteroatoms. The zero-order valence-electron chi connectivity index (χ0n) is 13.6. The van der Waals surface area contributed by atoms with E-state index in [-0.39, 0.29) is 11.0 Å². The molecule has 1 fully saturated rings. The molecule has 116 valence electrons. The summed E-state index contributed by atoms with van der Waals surface area (Å²) in [4.78, 5) is 2.59. The first-order valence-electron chi connectivity index (χ1n) is 8.08. The fraction of sp³-hybridized carbons (Fsp3) is 0.667. The maximum absolute atomic E-state index is 5.75. The van der Waals surface area contributed by atoms with E-state index >= 15 is 0 Å². The highest BCUT2D eigenvalue weighted by molar-refractivity contribution is 5.30. The van der Waals surface area contributed by atoms with Gasteiger partial charge in [0.25, 0.3) is 0 Å². The second kappa shape index (κ2) is 5.71. The molecule has 3 nitrogen and oxygen atoms in total. The minimum atomic E-state index is 0.170. The molecule has 21 heavy (non-hydrogen) atoms. The van der Waals surface area contributed by atoms with Crippen molar-refractivity contribution in [2.45, 2.75) is 45.8 Å². The molecular formula is C18H28N2O. The molecule has 0 aliphatic carbocycles. The van der Waals surface area contributed by atoms with Crippen molar-refractivity contribution in [3.63, 3.8) is 0 Å². The fourth-order valence-corrected chi connectivity index (χ4v) is 3.41. The lowest BCUT2D eigenvalue weighted by atomic mass is 9.85. The van der Waals surface area contributed by atoms with Gasteiger partial charge in [-0.05, 0) is 38.3 Å². The summed E-state index contributed by atoms with van der Waals surface area (Å²) in [5.41, 5.74) is 3.43. The molecule has 1 N–H and O–H groups in total. The van der Waals surface area contributed by atoms with Gasteiger partial charge >= 0.3 is 0 Å². The van der Waals surface area contributed by atoms with Gasteiger partial charge in [-0.25, -0.2) is 0 Å². The number of ether oxygens (including phenoxy) is 1. The largest absolute Gasteiger partial charge is 0.381 e. The minimum Gasteiger partial charge on any atom is -0.381 e. The Bertz CT molecular complexity index is 461. The smallest absolute Gasteiger partial charge is 0.0547 e. The lowest BCUT2D eigenvalue weighted by molar-refractivity contribution is 0.102. The van der Waals surface area contributed by atoms with Crippen molar-refractivity contribution < 1.29 is 4.74 Å². The summed E-state index contributed by atoms with van der Waals surface area (Å²) in [6.45, 7) is 12.9. The molecule has 1 unspecified atom stereocenters. The van der Waals surface area contributed by atoms with Crippen LogP contribution in [-0.2, 0) is 17.8 Å². The Kier molecular flexibility index (Phi) is 4.08. The molecule has 1 saturated heterocycles. The van der Waals surface area contributed by atoms with Crippen molar-refractivity contribution in [1.29, 1.82) is 0 Å². The third-order valence-electron chi connectivity index (χ3n) is 4.64. The topological polar surface area (TPSA) is 24.5 Å². The van der Waals surface area contributed by atoms with Gasteiger partial charge in [0, 0.05) is 43.7 Å². The van der Waals surface area contributed by atoms with E-state index in [0.717, 1.165) is 39.4 Å². The van der Waals surface area contributed by atoms with Crippen LogP contribution in [0.25, 0.3) is 0 Å². The van der Waals surface area contributed by atoms with Crippen molar-refractivity contribution in [3.8, 4) is 0 Å². The summed E-state index contributed by atoms with van der Waals surface area (Å²) in [5.74, 6) is 0. The summed E-state index contributed by atoms with van der Waals surface area (Å²) >= 11 is 0. The van der Waals surface area contributed by atoms with Crippen LogP contribution in [0, 0.1) is 5.41 Å². The maximum atomic E-state index is 5.75. The highest BCUT2D eigenvalue weighted by Crippen LogP contribution is 2.33. The van der Waals surface area contributed by atoms with Crippen LogP contribution in [0.1, 0.15) is 38.3 Å². The number of nitrogens with zero attached hydrogens (tertiary/aromatic N) is 1. The lowest BCUT2D eigenvalue weighted by Crippen LogP contribution is -2.48. The van der Waals surface area contributed by atoms with Gasteiger partial charge in [-0.15, -0.1) is 0 Å². The quantitative estimate of drug-likeness (QED) is 0.922. The van der Waals surface area contributed by atoms with E-state index in [1.165, 1.54) is 17.5 Å². The molecule has 1 aromatic carbocycles. The van der Waals surface area contributed by atoms with E-state index < -0.39 is 0 Å². The third-order valence-corrected chi connectivity index (χ3v) is 4.64. The molecule has 0 aromatic heterocycles. The molecule has 0 saturated carbocycles. The molecule has 1 atom stereocenters. The predicted octanol–water partition coefficient (Wildman–Crippen LogP) is 2.80. The average molecular weight is 288 g/mol. The van der Waals surface area contributed by atoms with Gasteiger partial charge in [0.15, 0.2) is 0 Å². The first-order chi connectivity index (χ1) is 9.96. The zero-order valence-corrected chi connectivity index (χ0v) is 13.6. The lowest BCUT2D eigenvalue weighted by Gasteiger charge is -2.35. The SMILES string of the molecule is CC(C)(C)NCC1(CN2Cc3ccccc3C2)CCOC1. The van der Waals surface area contributed by atoms with Gasteiger partial charge in [-0.3, -0.25) is 4.90 Å². The van der Waals surface area contributed by atoms with Crippen LogP contribution >= 0.6 is 0 Å². The van der Waals surface area contributed by atoms with Crippen LogP contribution in [-0.4, -0.2) is 36.7 Å². The van der Waals surface area contributed by atoms with Crippen molar-refractivity contribution in [2.24, 2.45) is 5.41 Å². The van der Waals surface area contributed by atoms with Crippen LogP contribution < -0.4 is 5.32 Å². The number of nitrogens with one attached hydrogen (secondary N) is 1. The maximum Gasteiger partial charge on any atom is 0.0547 e. The molecule has 0 bridgehead atoms. The summed E-state index contributed by atoms with van der Waals surface area (Å²) < 4.78 is 5.75. The van der Waals surface area contributed by atoms with Gasteiger partial charge in [0.2, 0.25) is 0 Å². The molecule has 1 aromatic rings. The Labute approximate surface area is 128 Å². The molecule has 0 radical (unpaired) electrons. The highest BCUT2D eigenvalue weighted by atomic mass is 16.5. The average Bonchev–Trinajstić information content (AvgIpc) is 3.02. The second-order valence-corrected chi connectivity index (χ2v) is 7.82. The number of rotatable bonds is 4. The molecule has 0 spiro atoms. The van der Waals surface area contributed by atoms with Crippen molar-refractivity contribution in [1.82, 2.24) is 10.2 Å². The van der Waals surface area contributed by atoms with Crippen LogP contribution in [0.5, 0.6) is 0 Å². The second-order valence-electron chi connectivity index (χ2n) is 7.82. The number of hydrogen-bond acceptors (Lipinski definition) is 3. The number of benzene rings is 1. The molecule has 2 heterocycles. The van der Waals surface area contributed by atoms with E-state index in [1.807, 2.05) is 0 Å². The van der Waals surface area contributed by atoms with Gasteiger partial charge in [-0.2, -0.15) is 0 Å². The molecule has 2 aliphatic rings. The summed E-state index contributed by atoms with van der Waals surface area (Å²) in [7, 11) is 0. The zero-order chi connectivity index (χ0) is 14.9. The predicted molar refractivity (Wildman–Crippen MR) is 86.2 cm³/mol. The summed E-state index contributed by atoms with van der Waals surface area (Å²) in [6, 6.07) is 8.83. The first kappa shape index (κ1) is 15.0. The van der Waals surface area contributed by atoms with Crippen molar-refractivity contribution >= 4 is 0 Å². The van der Waals surface area contributed by atoms with E-state index in [1.54, 1.807) is 0 Å². The van der Waals surface area contributed by atoms with Gasteiger partial charge in [-0.1, -0.05) is 24.3 Å². The molecule has 2 aliphatic heterocycles. The van der Waals surface area contributed by atoms with Crippen LogP contribution in [0.2, 0.25) is 0 Å². The van der Waals surface area contributed by atoms with E-state index in [0.29, 0.717) is 0 Å². The van der Waals surface area contributed by atoms with Gasteiger partial charge in [0.05, 0.1) is 6.61 Å². The molecule has 0 amide bonds. The Hall–Kier alpha value is -0.900. The Morgan fingerprint density at radius 3 is 2.38 bits per heavy atom. The molecule has 3 rings (SSSR count). The Morgan fingerprint density at radius 1 is 1.19 bits per heavy atom. The van der Waals surface area contributed by atoms with Crippen molar-refractivity contribution in [3.05, 3.63) is 35.4 Å². The monoisotopic (exact) mass is 288 g/mol. The minimum absolute atomic E-state index is 0.170. The normalized spacial score (nSPS) is 26.2. The van der Waals surface area contributed by atoms with Gasteiger partial charge in [0.1, 0.15) is 0 Å². The van der Waals surface area contributed by atoms with Crippen LogP contribution in [0.4, 0.5) is 0 Å². The standard InChI is InChI=1S/C18H28N2O/c1-17(2,3)19-12-18(8-9-21-14-18)13-20-10-15-6-4-5-7-16(15)11-20/h4-7,19H,8-14H2,1-3H3. The number of hydrogen-bond donors (Lipinski definition) is 1. The summed E-state index contributed by atoms with van der Waals surface area (Å²) in [6.07, 6.45) is 1.17. The third kappa shape index (κ3) is 3.65. The van der Waals surface area contributed by atoms with Crippen LogP contribution in [0.3, 0.4) is 0 Å². The van der Waals surface area contributed by atoms with E-state index in [9.17, 15) is 0 Å². The van der Waals surface area contributed by atoms with E-state index in [4.69, 9.17) is 4.74 Å². The van der Waals surface area contributed by atoms with E-state index in [2.05, 4.69) is 55.3 Å². The Balaban J connectivity index is 1.64. The highest BCUT2D eigenvalue weighted by Gasteiger charge is 2.38. The van der Waals surface area contributed by atoms with Crippen LogP contribution in [0.15, 0.2) is 24.3 Å². The number of fused-ring (bicyclic) bond motifs is 1. The Morgan fingerprint density at radius 2 is 1.86 bits per heavy atom. The fourth-order valence-electron chi connectivity index (χ4n) is 3.41. The van der Waals surface area contributed by atoms with Gasteiger partial charge < -0.3 is 10.1 Å². The first-order valence-corrected chi connectivity index (χ1v) is 8.08. The molecular weight excluding hydrogens is 260 g/mol. The summed E-state index contributed by atoms with van der Waals surface area (Å²) in [5, 5.41) is 3.69.